The van der Waals surface area contributed by atoms with Crippen molar-refractivity contribution in [3.8, 4) is 0 Å². The van der Waals surface area contributed by atoms with Gasteiger partial charge in [-0.15, -0.1) is 0 Å². The first-order chi connectivity index (χ1) is 9.38. The summed E-state index contributed by atoms with van der Waals surface area (Å²) in [5.41, 5.74) is 0.986. The lowest BCUT2D eigenvalue weighted by atomic mass is 10.2. The van der Waals surface area contributed by atoms with Crippen LogP contribution in [0.15, 0.2) is 33.3 Å². The van der Waals surface area contributed by atoms with Crippen molar-refractivity contribution in [1.29, 1.82) is 0 Å². The van der Waals surface area contributed by atoms with Gasteiger partial charge in [-0.25, -0.2) is 9.37 Å². The van der Waals surface area contributed by atoms with Crippen molar-refractivity contribution in [2.45, 2.75) is 6.92 Å². The summed E-state index contributed by atoms with van der Waals surface area (Å²) in [6, 6.07) is 4.19. The summed E-state index contributed by atoms with van der Waals surface area (Å²) in [6.45, 7) is 1.70. The van der Waals surface area contributed by atoms with E-state index in [2.05, 4.69) is 42.2 Å². The van der Waals surface area contributed by atoms with Crippen molar-refractivity contribution in [1.82, 2.24) is 4.98 Å². The van der Waals surface area contributed by atoms with Crippen LogP contribution in [0.1, 0.15) is 5.56 Å². The van der Waals surface area contributed by atoms with Crippen LogP contribution in [0.5, 0.6) is 0 Å². The fourth-order valence-corrected chi connectivity index (χ4v) is 2.24. The molecule has 0 amide bonds. The van der Waals surface area contributed by atoms with Crippen molar-refractivity contribution in [2.75, 3.05) is 5.32 Å². The van der Waals surface area contributed by atoms with Gasteiger partial charge in [-0.1, -0.05) is 0 Å². The quantitative estimate of drug-likeness (QED) is 0.594. The molecular weight excluding hydrogens is 397 g/mol. The molecule has 2 aromatic rings. The Kier molecular flexibility index (Phi) is 4.34. The number of nitrogens with one attached hydrogen (secondary N) is 1. The van der Waals surface area contributed by atoms with Gasteiger partial charge in [0.2, 0.25) is 5.82 Å². The molecular formula is C12H8Br2FN3O2. The Balaban J connectivity index is 2.45. The van der Waals surface area contributed by atoms with Crippen LogP contribution >= 0.6 is 31.9 Å². The monoisotopic (exact) mass is 403 g/mol. The molecule has 0 atom stereocenters. The first kappa shape index (κ1) is 14.9. The molecule has 0 aliphatic carbocycles. The Morgan fingerprint density at radius 2 is 2.05 bits per heavy atom. The van der Waals surface area contributed by atoms with Crippen LogP contribution in [-0.4, -0.2) is 9.91 Å². The molecule has 2 rings (SSSR count). The van der Waals surface area contributed by atoms with Gasteiger partial charge in [0, 0.05) is 22.4 Å². The maximum atomic E-state index is 13.4. The summed E-state index contributed by atoms with van der Waals surface area (Å²) >= 11 is 6.21. The molecule has 0 bridgehead atoms. The van der Waals surface area contributed by atoms with Gasteiger partial charge >= 0.3 is 5.69 Å². The second kappa shape index (κ2) is 5.84. The summed E-state index contributed by atoms with van der Waals surface area (Å²) in [6.07, 6.45) is 1.45. The number of aryl methyl sites for hydroxylation is 1. The van der Waals surface area contributed by atoms with E-state index in [4.69, 9.17) is 0 Å². The van der Waals surface area contributed by atoms with Gasteiger partial charge in [0.15, 0.2) is 0 Å². The first-order valence-electron chi connectivity index (χ1n) is 5.41. The van der Waals surface area contributed by atoms with Crippen molar-refractivity contribution >= 4 is 49.1 Å². The van der Waals surface area contributed by atoms with Crippen LogP contribution in [0.4, 0.5) is 21.6 Å². The third kappa shape index (κ3) is 3.13. The fourth-order valence-electron chi connectivity index (χ4n) is 1.57. The molecule has 104 valence electrons. The predicted octanol–water partition coefficient (Wildman–Crippen LogP) is 4.71. The summed E-state index contributed by atoms with van der Waals surface area (Å²) in [4.78, 5) is 14.5. The van der Waals surface area contributed by atoms with E-state index in [-0.39, 0.29) is 16.0 Å². The zero-order chi connectivity index (χ0) is 14.9. The molecule has 1 aromatic carbocycles. The van der Waals surface area contributed by atoms with E-state index in [1.807, 2.05) is 0 Å². The first-order valence-corrected chi connectivity index (χ1v) is 6.99. The lowest BCUT2D eigenvalue weighted by Crippen LogP contribution is -2.01. The van der Waals surface area contributed by atoms with Crippen molar-refractivity contribution in [3.05, 3.63) is 54.8 Å². The van der Waals surface area contributed by atoms with Crippen LogP contribution in [0.3, 0.4) is 0 Å². The van der Waals surface area contributed by atoms with Crippen molar-refractivity contribution in [2.24, 2.45) is 0 Å². The van der Waals surface area contributed by atoms with E-state index in [1.165, 1.54) is 24.4 Å². The van der Waals surface area contributed by atoms with Crippen LogP contribution in [0.25, 0.3) is 0 Å². The largest absolute Gasteiger partial charge is 0.334 e. The zero-order valence-electron chi connectivity index (χ0n) is 10.2. The lowest BCUT2D eigenvalue weighted by molar-refractivity contribution is -0.384. The average Bonchev–Trinajstić information content (AvgIpc) is 2.37. The van der Waals surface area contributed by atoms with E-state index in [0.29, 0.717) is 15.7 Å². The van der Waals surface area contributed by atoms with Gasteiger partial charge < -0.3 is 5.32 Å². The minimum atomic E-state index is -0.534. The van der Waals surface area contributed by atoms with E-state index in [0.717, 1.165) is 0 Å². The van der Waals surface area contributed by atoms with Crippen molar-refractivity contribution < 1.29 is 9.31 Å². The fraction of sp³-hybridized carbons (Fsp3) is 0.0833. The number of benzene rings is 1. The number of nitro groups is 1. The number of nitrogens with zero attached hydrogens (tertiary/aromatic N) is 2. The zero-order valence-corrected chi connectivity index (χ0v) is 13.3. The van der Waals surface area contributed by atoms with E-state index in [1.54, 1.807) is 6.92 Å². The molecule has 5 nitrogen and oxygen atoms in total. The standard InChI is InChI=1S/C12H8Br2FN3O2/c1-6-2-9(15)8(14)4-10(6)17-12-11(18(19)20)3-7(13)5-16-12/h2-5H,1H3,(H,16,17). The SMILES string of the molecule is Cc1cc(F)c(Br)cc1Nc1ncc(Br)cc1[N+](=O)[O-]. The highest BCUT2D eigenvalue weighted by Crippen LogP contribution is 2.31. The number of pyridine rings is 1. The van der Waals surface area contributed by atoms with Crippen LogP contribution in [0, 0.1) is 22.9 Å². The molecule has 0 fully saturated rings. The summed E-state index contributed by atoms with van der Waals surface area (Å²) in [7, 11) is 0. The van der Waals surface area contributed by atoms with E-state index >= 15 is 0 Å². The van der Waals surface area contributed by atoms with Gasteiger partial charge in [-0.3, -0.25) is 10.1 Å². The topological polar surface area (TPSA) is 68.1 Å². The Morgan fingerprint density at radius 1 is 1.35 bits per heavy atom. The molecule has 0 aliphatic rings. The molecule has 0 spiro atoms. The number of aromatic nitrogens is 1. The molecule has 20 heavy (non-hydrogen) atoms. The maximum absolute atomic E-state index is 13.4. The summed E-state index contributed by atoms with van der Waals surface area (Å²) in [5.74, 6) is -0.300. The summed E-state index contributed by atoms with van der Waals surface area (Å²) < 4.78 is 14.1. The molecule has 0 radical (unpaired) electrons. The molecule has 0 saturated heterocycles. The van der Waals surface area contributed by atoms with Crippen molar-refractivity contribution in [3.63, 3.8) is 0 Å². The van der Waals surface area contributed by atoms with Gasteiger partial charge in [-0.05, 0) is 56.5 Å². The molecule has 1 aromatic heterocycles. The Bertz CT molecular complexity index is 695. The Hall–Kier alpha value is -1.54. The minimum absolute atomic E-state index is 0.0970. The smallest absolute Gasteiger partial charge is 0.312 e. The second-order valence-corrected chi connectivity index (χ2v) is 5.75. The van der Waals surface area contributed by atoms with Gasteiger partial charge in [0.05, 0.1) is 9.40 Å². The highest BCUT2D eigenvalue weighted by Gasteiger charge is 2.17. The maximum Gasteiger partial charge on any atom is 0.312 e. The highest BCUT2D eigenvalue weighted by molar-refractivity contribution is 9.10. The van der Waals surface area contributed by atoms with Gasteiger partial charge in [-0.2, -0.15) is 0 Å². The number of halogens is 3. The average molecular weight is 405 g/mol. The molecule has 0 unspecified atom stereocenters. The van der Waals surface area contributed by atoms with Gasteiger partial charge in [0.1, 0.15) is 5.82 Å². The van der Waals surface area contributed by atoms with Crippen LogP contribution in [0.2, 0.25) is 0 Å². The van der Waals surface area contributed by atoms with Crippen LogP contribution < -0.4 is 5.32 Å². The molecule has 8 heteroatoms. The Labute approximate surface area is 130 Å². The third-order valence-electron chi connectivity index (χ3n) is 2.55. The number of anilines is 2. The molecule has 0 saturated carbocycles. The minimum Gasteiger partial charge on any atom is -0.334 e. The van der Waals surface area contributed by atoms with E-state index < -0.39 is 10.7 Å². The van der Waals surface area contributed by atoms with Gasteiger partial charge in [0.25, 0.3) is 0 Å². The second-order valence-electron chi connectivity index (χ2n) is 3.98. The number of rotatable bonds is 3. The molecule has 1 N–H and O–H groups in total. The summed E-state index contributed by atoms with van der Waals surface area (Å²) in [5, 5.41) is 13.9. The van der Waals surface area contributed by atoms with E-state index in [9.17, 15) is 14.5 Å². The van der Waals surface area contributed by atoms with Crippen LogP contribution in [-0.2, 0) is 0 Å². The number of hydrogen-bond acceptors (Lipinski definition) is 4. The number of hydrogen-bond donors (Lipinski definition) is 1. The predicted molar refractivity (Wildman–Crippen MR) is 80.7 cm³/mol. The Morgan fingerprint density at radius 3 is 2.70 bits per heavy atom. The lowest BCUT2D eigenvalue weighted by Gasteiger charge is -2.10. The molecule has 0 aliphatic heterocycles. The third-order valence-corrected chi connectivity index (χ3v) is 3.59. The highest BCUT2D eigenvalue weighted by atomic mass is 79.9. The molecule has 1 heterocycles. The normalized spacial score (nSPS) is 10.4.